The summed E-state index contributed by atoms with van der Waals surface area (Å²) in [4.78, 5) is 2.61. The van der Waals surface area contributed by atoms with Crippen molar-refractivity contribution in [2.45, 2.75) is 58.9 Å². The fourth-order valence-corrected chi connectivity index (χ4v) is 2.06. The summed E-state index contributed by atoms with van der Waals surface area (Å²) in [6.45, 7) is 8.78. The van der Waals surface area contributed by atoms with Crippen LogP contribution in [0.3, 0.4) is 0 Å². The van der Waals surface area contributed by atoms with Gasteiger partial charge in [0.25, 0.3) is 0 Å². The summed E-state index contributed by atoms with van der Waals surface area (Å²) in [5.41, 5.74) is 5.46. The molecule has 0 bridgehead atoms. The molecule has 0 aliphatic heterocycles. The summed E-state index contributed by atoms with van der Waals surface area (Å²) in [6, 6.07) is 0.861. The summed E-state index contributed by atoms with van der Waals surface area (Å²) in [5.74, 6) is 0.320. The van der Waals surface area contributed by atoms with Crippen LogP contribution >= 0.6 is 0 Å². The number of nitrogens with zero attached hydrogens (tertiary/aromatic N) is 1. The molecule has 0 aromatic rings. The van der Waals surface area contributed by atoms with Crippen LogP contribution in [0, 0.1) is 10.8 Å². The third kappa shape index (κ3) is 4.12. The van der Waals surface area contributed by atoms with Crippen LogP contribution in [0.5, 0.6) is 0 Å². The van der Waals surface area contributed by atoms with Gasteiger partial charge in [-0.3, -0.25) is 5.41 Å². The molecular formula is C13H27N3. The van der Waals surface area contributed by atoms with E-state index in [0.717, 1.165) is 18.9 Å². The molecule has 0 atom stereocenters. The normalized spacial score (nSPS) is 16.8. The van der Waals surface area contributed by atoms with Crippen LogP contribution in [0.15, 0.2) is 0 Å². The van der Waals surface area contributed by atoms with Crippen molar-refractivity contribution in [3.8, 4) is 0 Å². The molecule has 1 fully saturated rings. The summed E-state index contributed by atoms with van der Waals surface area (Å²) in [7, 11) is 0. The van der Waals surface area contributed by atoms with Gasteiger partial charge in [0.05, 0.1) is 5.84 Å². The van der Waals surface area contributed by atoms with E-state index in [9.17, 15) is 0 Å². The standard InChI is InChI=1S/C13H27N3/c1-4-9-16(11-6-7-11)10-5-8-13(2,3)12(14)15/h11H,4-10H2,1-3H3,(H3,14,15). The number of amidine groups is 1. The molecule has 0 spiro atoms. The van der Waals surface area contributed by atoms with E-state index in [1.54, 1.807) is 0 Å². The van der Waals surface area contributed by atoms with E-state index in [0.29, 0.717) is 5.84 Å². The smallest absolute Gasteiger partial charge is 0.0963 e. The second kappa shape index (κ2) is 5.67. The second-order valence-electron chi connectivity index (χ2n) is 5.67. The summed E-state index contributed by atoms with van der Waals surface area (Å²) < 4.78 is 0. The molecule has 0 radical (unpaired) electrons. The monoisotopic (exact) mass is 225 g/mol. The van der Waals surface area contributed by atoms with Crippen molar-refractivity contribution in [1.82, 2.24) is 4.90 Å². The van der Waals surface area contributed by atoms with Crippen molar-refractivity contribution in [3.05, 3.63) is 0 Å². The number of nitrogens with two attached hydrogens (primary N) is 1. The maximum absolute atomic E-state index is 7.52. The average molecular weight is 225 g/mol. The van der Waals surface area contributed by atoms with Crippen LogP contribution in [0.25, 0.3) is 0 Å². The van der Waals surface area contributed by atoms with Gasteiger partial charge in [-0.25, -0.2) is 0 Å². The second-order valence-corrected chi connectivity index (χ2v) is 5.67. The van der Waals surface area contributed by atoms with E-state index in [1.165, 1.54) is 32.4 Å². The Morgan fingerprint density at radius 2 is 2.00 bits per heavy atom. The minimum Gasteiger partial charge on any atom is -0.387 e. The van der Waals surface area contributed by atoms with Crippen molar-refractivity contribution < 1.29 is 0 Å². The first kappa shape index (κ1) is 13.5. The van der Waals surface area contributed by atoms with Crippen LogP contribution in [-0.4, -0.2) is 29.9 Å². The highest BCUT2D eigenvalue weighted by atomic mass is 15.2. The van der Waals surface area contributed by atoms with Crippen LogP contribution in [-0.2, 0) is 0 Å². The molecule has 0 saturated heterocycles. The number of hydrogen-bond donors (Lipinski definition) is 2. The van der Waals surface area contributed by atoms with Gasteiger partial charge in [0, 0.05) is 11.5 Å². The minimum absolute atomic E-state index is 0.124. The average Bonchev–Trinajstić information content (AvgIpc) is 2.99. The minimum atomic E-state index is -0.124. The van der Waals surface area contributed by atoms with Crippen LogP contribution in [0.2, 0.25) is 0 Å². The van der Waals surface area contributed by atoms with E-state index in [4.69, 9.17) is 11.1 Å². The Morgan fingerprint density at radius 3 is 2.44 bits per heavy atom. The molecule has 0 amide bonds. The largest absolute Gasteiger partial charge is 0.387 e. The molecule has 3 nitrogen and oxygen atoms in total. The molecule has 3 N–H and O–H groups in total. The molecule has 94 valence electrons. The first-order valence-electron chi connectivity index (χ1n) is 6.56. The number of nitrogens with one attached hydrogen (secondary N) is 1. The molecule has 16 heavy (non-hydrogen) atoms. The zero-order valence-corrected chi connectivity index (χ0v) is 11.1. The Balaban J connectivity index is 2.24. The Kier molecular flexibility index (Phi) is 4.78. The molecule has 0 aromatic heterocycles. The highest BCUT2D eigenvalue weighted by molar-refractivity contribution is 5.82. The lowest BCUT2D eigenvalue weighted by molar-refractivity contribution is 0.248. The first-order chi connectivity index (χ1) is 7.47. The van der Waals surface area contributed by atoms with Gasteiger partial charge in [0.2, 0.25) is 0 Å². The lowest BCUT2D eigenvalue weighted by Gasteiger charge is -2.26. The quantitative estimate of drug-likeness (QED) is 0.493. The summed E-state index contributed by atoms with van der Waals surface area (Å²) in [5, 5.41) is 7.52. The predicted octanol–water partition coefficient (Wildman–Crippen LogP) is 2.60. The SMILES string of the molecule is CCCN(CCCC(C)(C)C(=N)N)C1CC1. The molecule has 0 heterocycles. The van der Waals surface area contributed by atoms with Gasteiger partial charge in [0.1, 0.15) is 0 Å². The summed E-state index contributed by atoms with van der Waals surface area (Å²) in [6.07, 6.45) is 6.19. The Labute approximate surface area is 99.9 Å². The third-order valence-electron chi connectivity index (χ3n) is 3.55. The molecule has 1 saturated carbocycles. The highest BCUT2D eigenvalue weighted by Gasteiger charge is 2.28. The van der Waals surface area contributed by atoms with Crippen molar-refractivity contribution >= 4 is 5.84 Å². The van der Waals surface area contributed by atoms with Crippen molar-refractivity contribution in [2.75, 3.05) is 13.1 Å². The van der Waals surface area contributed by atoms with E-state index < -0.39 is 0 Å². The Bertz CT molecular complexity index is 231. The zero-order valence-electron chi connectivity index (χ0n) is 11.1. The van der Waals surface area contributed by atoms with E-state index >= 15 is 0 Å². The summed E-state index contributed by atoms with van der Waals surface area (Å²) >= 11 is 0. The van der Waals surface area contributed by atoms with Crippen LogP contribution < -0.4 is 5.73 Å². The fourth-order valence-electron chi connectivity index (χ4n) is 2.06. The maximum atomic E-state index is 7.52. The van der Waals surface area contributed by atoms with Crippen molar-refractivity contribution in [2.24, 2.45) is 11.1 Å². The molecule has 0 unspecified atom stereocenters. The van der Waals surface area contributed by atoms with Gasteiger partial charge in [-0.15, -0.1) is 0 Å². The first-order valence-corrected chi connectivity index (χ1v) is 6.56. The topological polar surface area (TPSA) is 53.1 Å². The van der Waals surface area contributed by atoms with Gasteiger partial charge in [0.15, 0.2) is 0 Å². The zero-order chi connectivity index (χ0) is 12.2. The molecular weight excluding hydrogens is 198 g/mol. The van der Waals surface area contributed by atoms with Crippen LogP contribution in [0.1, 0.15) is 52.9 Å². The highest BCUT2D eigenvalue weighted by Crippen LogP contribution is 2.28. The number of hydrogen-bond acceptors (Lipinski definition) is 2. The lowest BCUT2D eigenvalue weighted by Crippen LogP contribution is -2.33. The molecule has 1 aliphatic carbocycles. The van der Waals surface area contributed by atoms with Gasteiger partial charge in [-0.05, 0) is 45.2 Å². The third-order valence-corrected chi connectivity index (χ3v) is 3.55. The fraction of sp³-hybridized carbons (Fsp3) is 0.923. The van der Waals surface area contributed by atoms with E-state index in [1.807, 2.05) is 0 Å². The van der Waals surface area contributed by atoms with Gasteiger partial charge >= 0.3 is 0 Å². The van der Waals surface area contributed by atoms with Gasteiger partial charge < -0.3 is 10.6 Å². The molecule has 0 aromatic carbocycles. The molecule has 1 aliphatic rings. The van der Waals surface area contributed by atoms with Crippen molar-refractivity contribution in [3.63, 3.8) is 0 Å². The molecule has 1 rings (SSSR count). The Morgan fingerprint density at radius 1 is 1.38 bits per heavy atom. The van der Waals surface area contributed by atoms with Crippen LogP contribution in [0.4, 0.5) is 0 Å². The molecule has 3 heteroatoms. The number of rotatable bonds is 8. The Hall–Kier alpha value is -0.570. The van der Waals surface area contributed by atoms with Gasteiger partial charge in [-0.1, -0.05) is 20.8 Å². The predicted molar refractivity (Wildman–Crippen MR) is 69.8 cm³/mol. The van der Waals surface area contributed by atoms with E-state index in [2.05, 4.69) is 25.7 Å². The van der Waals surface area contributed by atoms with E-state index in [-0.39, 0.29) is 5.41 Å². The van der Waals surface area contributed by atoms with Crippen molar-refractivity contribution in [1.29, 1.82) is 5.41 Å². The van der Waals surface area contributed by atoms with Gasteiger partial charge in [-0.2, -0.15) is 0 Å². The maximum Gasteiger partial charge on any atom is 0.0963 e. The lowest BCUT2D eigenvalue weighted by atomic mass is 9.86.